The molecule has 7 heteroatoms. The van der Waals surface area contributed by atoms with Crippen LogP contribution in [0.3, 0.4) is 0 Å². The number of imidazole rings is 1. The van der Waals surface area contributed by atoms with Crippen LogP contribution >= 0.6 is 0 Å². The first-order valence-corrected chi connectivity index (χ1v) is 8.09. The second kappa shape index (κ2) is 6.72. The van der Waals surface area contributed by atoms with Crippen LogP contribution in [-0.2, 0) is 11.3 Å². The summed E-state index contributed by atoms with van der Waals surface area (Å²) in [7, 11) is 0. The number of ether oxygens (including phenoxy) is 1. The van der Waals surface area contributed by atoms with Crippen LogP contribution in [0.2, 0.25) is 0 Å². The molecule has 0 fully saturated rings. The number of pyridine rings is 1. The van der Waals surface area contributed by atoms with Crippen molar-refractivity contribution in [3.8, 4) is 17.1 Å². The largest absolute Gasteiger partial charge is 0.481 e. The molecule has 3 heterocycles. The van der Waals surface area contributed by atoms with Crippen molar-refractivity contribution in [3.63, 3.8) is 0 Å². The number of hydrogen-bond donors (Lipinski definition) is 1. The van der Waals surface area contributed by atoms with Crippen LogP contribution in [-0.4, -0.2) is 36.8 Å². The molecule has 0 aliphatic carbocycles. The summed E-state index contributed by atoms with van der Waals surface area (Å²) in [6.45, 7) is 0.214. The van der Waals surface area contributed by atoms with Crippen LogP contribution in [0.5, 0.6) is 5.75 Å². The highest BCUT2D eigenvalue weighted by atomic mass is 16.5. The summed E-state index contributed by atoms with van der Waals surface area (Å²) in [5.41, 5.74) is 2.88. The fraction of sp³-hybridized carbons (Fsp3) is 0.105. The van der Waals surface area contributed by atoms with Crippen LogP contribution in [0.15, 0.2) is 67.3 Å². The molecule has 0 aliphatic heterocycles. The first-order valence-electron chi connectivity index (χ1n) is 8.09. The number of benzene rings is 1. The minimum atomic E-state index is -1.02. The molecular weight excluding hydrogens is 332 g/mol. The highest BCUT2D eigenvalue weighted by molar-refractivity contribution is 5.70. The smallest absolute Gasteiger partial charge is 0.341 e. The van der Waals surface area contributed by atoms with Gasteiger partial charge in [-0.05, 0) is 29.8 Å². The third-order valence-electron chi connectivity index (χ3n) is 4.06. The Morgan fingerprint density at radius 1 is 1.08 bits per heavy atom. The van der Waals surface area contributed by atoms with Crippen molar-refractivity contribution in [2.24, 2.45) is 0 Å². The molecule has 0 aliphatic rings. The van der Waals surface area contributed by atoms with Crippen molar-refractivity contribution >= 4 is 11.5 Å². The van der Waals surface area contributed by atoms with Crippen LogP contribution < -0.4 is 4.74 Å². The lowest BCUT2D eigenvalue weighted by atomic mass is 10.1. The monoisotopic (exact) mass is 348 g/mol. The van der Waals surface area contributed by atoms with Crippen LogP contribution in [0.1, 0.15) is 5.56 Å². The van der Waals surface area contributed by atoms with Gasteiger partial charge in [0.1, 0.15) is 11.6 Å². The first-order chi connectivity index (χ1) is 12.7. The standard InChI is InChI=1S/C19H16N4O3/c24-18(25)13-26-17-6-2-1-5-15(17)19-20-9-11-22(19)12-14-4-3-10-23-16(14)7-8-21-23/h1-11H,12-13H2,(H,24,25). The summed E-state index contributed by atoms with van der Waals surface area (Å²) >= 11 is 0. The Morgan fingerprint density at radius 2 is 1.96 bits per heavy atom. The molecule has 130 valence electrons. The number of nitrogens with zero attached hydrogens (tertiary/aromatic N) is 4. The highest BCUT2D eigenvalue weighted by Crippen LogP contribution is 2.29. The SMILES string of the molecule is O=C(O)COc1ccccc1-c1nccn1Cc1cccn2nccc12. The summed E-state index contributed by atoms with van der Waals surface area (Å²) in [6, 6.07) is 13.3. The topological polar surface area (TPSA) is 81.6 Å². The molecule has 0 amide bonds. The molecular formula is C19H16N4O3. The normalized spacial score (nSPS) is 10.9. The fourth-order valence-corrected chi connectivity index (χ4v) is 2.93. The van der Waals surface area contributed by atoms with Crippen LogP contribution in [0, 0.1) is 0 Å². The van der Waals surface area contributed by atoms with Crippen LogP contribution in [0.4, 0.5) is 0 Å². The number of carbonyl (C=O) groups is 1. The number of aliphatic carboxylic acids is 1. The zero-order valence-electron chi connectivity index (χ0n) is 13.8. The van der Waals surface area contributed by atoms with Gasteiger partial charge in [0, 0.05) is 24.8 Å². The quantitative estimate of drug-likeness (QED) is 0.579. The van der Waals surface area contributed by atoms with Gasteiger partial charge in [0.25, 0.3) is 0 Å². The van der Waals surface area contributed by atoms with Crippen molar-refractivity contribution in [2.45, 2.75) is 6.54 Å². The van der Waals surface area contributed by atoms with Gasteiger partial charge in [-0.25, -0.2) is 14.3 Å². The predicted molar refractivity (Wildman–Crippen MR) is 95.1 cm³/mol. The van der Waals surface area contributed by atoms with E-state index in [0.717, 1.165) is 16.6 Å². The second-order valence-corrected chi connectivity index (χ2v) is 5.75. The summed E-state index contributed by atoms with van der Waals surface area (Å²) in [5.74, 6) is 0.188. The van der Waals surface area contributed by atoms with Crippen molar-refractivity contribution in [1.29, 1.82) is 0 Å². The Morgan fingerprint density at radius 3 is 2.85 bits per heavy atom. The van der Waals surface area contributed by atoms with Gasteiger partial charge < -0.3 is 14.4 Å². The van der Waals surface area contributed by atoms with E-state index in [1.165, 1.54) is 0 Å². The van der Waals surface area contributed by atoms with Crippen molar-refractivity contribution in [3.05, 3.63) is 72.8 Å². The van der Waals surface area contributed by atoms with Gasteiger partial charge in [-0.2, -0.15) is 5.10 Å². The Hall–Kier alpha value is -3.61. The third kappa shape index (κ3) is 3.02. The Bertz CT molecular complexity index is 1070. The maximum atomic E-state index is 10.8. The maximum Gasteiger partial charge on any atom is 0.341 e. The van der Waals surface area contributed by atoms with Gasteiger partial charge in [0.2, 0.25) is 0 Å². The number of rotatable bonds is 6. The molecule has 0 unspecified atom stereocenters. The third-order valence-corrected chi connectivity index (χ3v) is 4.06. The van der Waals surface area contributed by atoms with E-state index in [-0.39, 0.29) is 0 Å². The van der Waals surface area contributed by atoms with E-state index < -0.39 is 12.6 Å². The van der Waals surface area contributed by atoms with E-state index in [4.69, 9.17) is 9.84 Å². The van der Waals surface area contributed by atoms with Gasteiger partial charge in [-0.1, -0.05) is 18.2 Å². The van der Waals surface area contributed by atoms with Crippen molar-refractivity contribution < 1.29 is 14.6 Å². The molecule has 3 aromatic heterocycles. The average molecular weight is 348 g/mol. The number of carboxylic acids is 1. The molecule has 0 saturated carbocycles. The second-order valence-electron chi connectivity index (χ2n) is 5.75. The number of para-hydroxylation sites is 1. The van der Waals surface area contributed by atoms with Crippen molar-refractivity contribution in [2.75, 3.05) is 6.61 Å². The summed E-state index contributed by atoms with van der Waals surface area (Å²) in [4.78, 5) is 15.3. The Labute approximate surface area is 149 Å². The lowest BCUT2D eigenvalue weighted by Crippen LogP contribution is -2.10. The molecule has 26 heavy (non-hydrogen) atoms. The Balaban J connectivity index is 1.70. The van der Waals surface area contributed by atoms with Gasteiger partial charge in [0.05, 0.1) is 17.6 Å². The minimum absolute atomic E-state index is 0.396. The highest BCUT2D eigenvalue weighted by Gasteiger charge is 2.14. The number of carboxylic acid groups (broad SMARTS) is 1. The number of fused-ring (bicyclic) bond motifs is 1. The van der Waals surface area contributed by atoms with E-state index in [0.29, 0.717) is 18.1 Å². The molecule has 4 rings (SSSR count). The van der Waals surface area contributed by atoms with Gasteiger partial charge in [-0.15, -0.1) is 0 Å². The predicted octanol–water partition coefficient (Wildman–Crippen LogP) is 2.71. The molecule has 7 nitrogen and oxygen atoms in total. The fourth-order valence-electron chi connectivity index (χ4n) is 2.93. The summed E-state index contributed by atoms with van der Waals surface area (Å²) in [5, 5.41) is 13.1. The molecule has 1 N–H and O–H groups in total. The molecule has 4 aromatic rings. The van der Waals surface area contributed by atoms with E-state index in [9.17, 15) is 4.79 Å². The summed E-state index contributed by atoms with van der Waals surface area (Å²) in [6.07, 6.45) is 7.29. The average Bonchev–Trinajstić information content (AvgIpc) is 3.30. The van der Waals surface area contributed by atoms with E-state index in [1.54, 1.807) is 24.5 Å². The lowest BCUT2D eigenvalue weighted by Gasteiger charge is -2.12. The molecule has 1 aromatic carbocycles. The van der Waals surface area contributed by atoms with E-state index in [2.05, 4.69) is 10.1 Å². The van der Waals surface area contributed by atoms with Gasteiger partial charge in [0.15, 0.2) is 6.61 Å². The van der Waals surface area contributed by atoms with Crippen LogP contribution in [0.25, 0.3) is 16.9 Å². The zero-order chi connectivity index (χ0) is 17.9. The molecule has 0 saturated heterocycles. The summed E-state index contributed by atoms with van der Waals surface area (Å²) < 4.78 is 9.25. The molecule has 0 bridgehead atoms. The molecule has 0 atom stereocenters. The molecule has 0 radical (unpaired) electrons. The number of hydrogen-bond acceptors (Lipinski definition) is 4. The number of aromatic nitrogens is 4. The molecule has 0 spiro atoms. The maximum absolute atomic E-state index is 10.8. The zero-order valence-corrected chi connectivity index (χ0v) is 13.8. The van der Waals surface area contributed by atoms with E-state index in [1.807, 2.05) is 51.8 Å². The first kappa shape index (κ1) is 15.9. The van der Waals surface area contributed by atoms with Gasteiger partial charge in [-0.3, -0.25) is 0 Å². The van der Waals surface area contributed by atoms with Gasteiger partial charge >= 0.3 is 5.97 Å². The lowest BCUT2D eigenvalue weighted by molar-refractivity contribution is -0.139. The minimum Gasteiger partial charge on any atom is -0.481 e. The van der Waals surface area contributed by atoms with E-state index >= 15 is 0 Å². The Kier molecular flexibility index (Phi) is 4.10. The van der Waals surface area contributed by atoms with Crippen molar-refractivity contribution in [1.82, 2.24) is 19.2 Å².